The molecule has 0 saturated carbocycles. The first-order valence-electron chi connectivity index (χ1n) is 9.44. The van der Waals surface area contributed by atoms with Crippen LogP contribution < -0.4 is 0 Å². The highest BCUT2D eigenvalue weighted by atomic mass is 14.9. The first kappa shape index (κ1) is 17.7. The predicted molar refractivity (Wildman–Crippen MR) is 111 cm³/mol. The van der Waals surface area contributed by atoms with E-state index in [9.17, 15) is 0 Å². The van der Waals surface area contributed by atoms with E-state index in [2.05, 4.69) is 62.8 Å². The summed E-state index contributed by atoms with van der Waals surface area (Å²) in [5.41, 5.74) is 4.19. The fourth-order valence-corrected chi connectivity index (χ4v) is 3.40. The van der Waals surface area contributed by atoms with Crippen LogP contribution in [-0.2, 0) is 17.3 Å². The molecule has 4 heteroatoms. The van der Waals surface area contributed by atoms with E-state index in [1.54, 1.807) is 0 Å². The molecule has 2 aromatic heterocycles. The van der Waals surface area contributed by atoms with E-state index in [4.69, 9.17) is 9.97 Å². The maximum atomic E-state index is 4.81. The highest BCUT2D eigenvalue weighted by Gasteiger charge is 2.25. The molecule has 0 aliphatic heterocycles. The minimum absolute atomic E-state index is 0.0113. The normalized spacial score (nSPS) is 12.8. The van der Waals surface area contributed by atoms with Crippen molar-refractivity contribution in [1.29, 1.82) is 0 Å². The zero-order valence-electron chi connectivity index (χ0n) is 16.7. The Morgan fingerprint density at radius 3 is 2.44 bits per heavy atom. The number of aromatic amines is 1. The van der Waals surface area contributed by atoms with E-state index in [1.165, 1.54) is 5.56 Å². The van der Waals surface area contributed by atoms with Crippen LogP contribution in [0.15, 0.2) is 48.7 Å². The van der Waals surface area contributed by atoms with Gasteiger partial charge in [-0.3, -0.25) is 0 Å². The van der Waals surface area contributed by atoms with E-state index in [0.29, 0.717) is 0 Å². The highest BCUT2D eigenvalue weighted by molar-refractivity contribution is 5.77. The minimum Gasteiger partial charge on any atom is -0.342 e. The van der Waals surface area contributed by atoms with Crippen molar-refractivity contribution < 1.29 is 0 Å². The van der Waals surface area contributed by atoms with Crippen molar-refractivity contribution in [2.75, 3.05) is 0 Å². The molecule has 0 amide bonds. The molecule has 27 heavy (non-hydrogen) atoms. The molecule has 4 rings (SSSR count). The van der Waals surface area contributed by atoms with Crippen LogP contribution in [-0.4, -0.2) is 19.9 Å². The number of imidazole rings is 1. The van der Waals surface area contributed by atoms with Crippen LogP contribution in [0.4, 0.5) is 0 Å². The van der Waals surface area contributed by atoms with Crippen molar-refractivity contribution in [3.05, 3.63) is 65.9 Å². The summed E-state index contributed by atoms with van der Waals surface area (Å²) in [7, 11) is 0. The lowest BCUT2D eigenvalue weighted by atomic mass is 9.84. The van der Waals surface area contributed by atoms with Crippen LogP contribution in [0.3, 0.4) is 0 Å². The second kappa shape index (κ2) is 6.15. The van der Waals surface area contributed by atoms with Gasteiger partial charge in [0.2, 0.25) is 0 Å². The van der Waals surface area contributed by atoms with Crippen LogP contribution in [0, 0.1) is 0 Å². The van der Waals surface area contributed by atoms with Gasteiger partial charge in [0.25, 0.3) is 0 Å². The number of H-pyrrole nitrogens is 1. The first-order valence-corrected chi connectivity index (χ1v) is 9.44. The molecule has 0 radical (unpaired) electrons. The maximum absolute atomic E-state index is 4.81. The smallest absolute Gasteiger partial charge is 0.134 e. The van der Waals surface area contributed by atoms with Gasteiger partial charge in [0.1, 0.15) is 11.6 Å². The molecule has 0 bridgehead atoms. The van der Waals surface area contributed by atoms with E-state index >= 15 is 0 Å². The summed E-state index contributed by atoms with van der Waals surface area (Å²) in [6, 6.07) is 14.6. The first-order chi connectivity index (χ1) is 12.7. The van der Waals surface area contributed by atoms with Gasteiger partial charge in [-0.2, -0.15) is 0 Å². The van der Waals surface area contributed by atoms with Crippen molar-refractivity contribution in [2.45, 2.75) is 51.9 Å². The average Bonchev–Trinajstić information content (AvgIpc) is 3.05. The molecule has 0 atom stereocenters. The predicted octanol–water partition coefficient (Wildman–Crippen LogP) is 5.32. The molecular formula is C23H26N4. The number of fused-ring (bicyclic) bond motifs is 2. The summed E-state index contributed by atoms with van der Waals surface area (Å²) < 4.78 is 0. The number of hydrogen-bond donors (Lipinski definition) is 1. The van der Waals surface area contributed by atoms with Gasteiger partial charge in [0, 0.05) is 22.4 Å². The monoisotopic (exact) mass is 358 g/mol. The second-order valence-electron chi connectivity index (χ2n) is 9.00. The molecule has 0 unspecified atom stereocenters. The van der Waals surface area contributed by atoms with Gasteiger partial charge in [-0.1, -0.05) is 58.9 Å². The number of benzene rings is 2. The lowest BCUT2D eigenvalue weighted by molar-refractivity contribution is 0.489. The Balaban J connectivity index is 1.66. The largest absolute Gasteiger partial charge is 0.342 e. The number of rotatable bonds is 3. The zero-order valence-corrected chi connectivity index (χ0v) is 16.7. The van der Waals surface area contributed by atoms with Gasteiger partial charge in [-0.05, 0) is 30.2 Å². The summed E-state index contributed by atoms with van der Waals surface area (Å²) in [5.74, 6) is 1.89. The molecule has 1 N–H and O–H groups in total. The molecule has 0 saturated heterocycles. The van der Waals surface area contributed by atoms with Gasteiger partial charge in [0.05, 0.1) is 16.6 Å². The molecule has 0 aliphatic rings. The number of aromatic nitrogens is 4. The number of hydrogen-bond acceptors (Lipinski definition) is 3. The number of nitrogens with zero attached hydrogens (tertiary/aromatic N) is 3. The van der Waals surface area contributed by atoms with Crippen molar-refractivity contribution in [3.8, 4) is 0 Å². The van der Waals surface area contributed by atoms with E-state index in [-0.39, 0.29) is 10.8 Å². The summed E-state index contributed by atoms with van der Waals surface area (Å²) in [5, 5.41) is 1.07. The van der Waals surface area contributed by atoms with Crippen LogP contribution in [0.1, 0.15) is 51.8 Å². The third kappa shape index (κ3) is 3.44. The summed E-state index contributed by atoms with van der Waals surface area (Å²) >= 11 is 0. The second-order valence-corrected chi connectivity index (χ2v) is 9.00. The fraction of sp³-hybridized carbons (Fsp3) is 0.348. The Bertz CT molecular complexity index is 1120. The van der Waals surface area contributed by atoms with Gasteiger partial charge < -0.3 is 4.98 Å². The van der Waals surface area contributed by atoms with E-state index in [0.717, 1.165) is 40.0 Å². The Kier molecular flexibility index (Phi) is 4.02. The highest BCUT2D eigenvalue weighted by Crippen LogP contribution is 2.28. The lowest BCUT2D eigenvalue weighted by Gasteiger charge is -2.23. The molecule has 4 nitrogen and oxygen atoms in total. The van der Waals surface area contributed by atoms with Crippen LogP contribution in [0.25, 0.3) is 21.9 Å². The zero-order chi connectivity index (χ0) is 19.2. The fourth-order valence-electron chi connectivity index (χ4n) is 3.40. The lowest BCUT2D eigenvalue weighted by Crippen LogP contribution is -2.23. The van der Waals surface area contributed by atoms with E-state index < -0.39 is 0 Å². The molecule has 2 heterocycles. The average molecular weight is 358 g/mol. The van der Waals surface area contributed by atoms with Crippen LogP contribution >= 0.6 is 0 Å². The molecule has 0 spiro atoms. The SMILES string of the molecule is CC(C)(C)c1nc2cc(CC(C)(C)c3ncc4ccccc4n3)ccc2[nH]1. The van der Waals surface area contributed by atoms with Gasteiger partial charge in [-0.25, -0.2) is 15.0 Å². The summed E-state index contributed by atoms with van der Waals surface area (Å²) in [6.07, 6.45) is 2.78. The molecular weight excluding hydrogens is 332 g/mol. The standard InChI is InChI=1S/C23H26N4/c1-22(2,3)20-26-18-11-10-15(12-19(18)27-20)13-23(4,5)21-24-14-16-8-6-7-9-17(16)25-21/h6-12,14H,13H2,1-5H3,(H,26,27). The van der Waals surface area contributed by atoms with Crippen LogP contribution in [0.2, 0.25) is 0 Å². The summed E-state index contributed by atoms with van der Waals surface area (Å²) in [6.45, 7) is 10.9. The maximum Gasteiger partial charge on any atom is 0.134 e. The third-order valence-electron chi connectivity index (χ3n) is 5.00. The molecule has 4 aromatic rings. The Morgan fingerprint density at radius 2 is 1.67 bits per heavy atom. The molecule has 0 aliphatic carbocycles. The number of para-hydroxylation sites is 1. The molecule has 2 aromatic carbocycles. The number of nitrogens with one attached hydrogen (secondary N) is 1. The van der Waals surface area contributed by atoms with Gasteiger partial charge in [-0.15, -0.1) is 0 Å². The van der Waals surface area contributed by atoms with Gasteiger partial charge in [0.15, 0.2) is 0 Å². The molecule has 138 valence electrons. The minimum atomic E-state index is -0.166. The quantitative estimate of drug-likeness (QED) is 0.539. The topological polar surface area (TPSA) is 54.5 Å². The van der Waals surface area contributed by atoms with E-state index in [1.807, 2.05) is 30.5 Å². The van der Waals surface area contributed by atoms with Crippen molar-refractivity contribution in [2.24, 2.45) is 0 Å². The Hall–Kier alpha value is -2.75. The van der Waals surface area contributed by atoms with Gasteiger partial charge >= 0.3 is 0 Å². The van der Waals surface area contributed by atoms with Crippen molar-refractivity contribution in [1.82, 2.24) is 19.9 Å². The van der Waals surface area contributed by atoms with Crippen LogP contribution in [0.5, 0.6) is 0 Å². The Labute approximate surface area is 160 Å². The third-order valence-corrected chi connectivity index (χ3v) is 5.00. The van der Waals surface area contributed by atoms with Crippen molar-refractivity contribution >= 4 is 21.9 Å². The van der Waals surface area contributed by atoms with Crippen molar-refractivity contribution in [3.63, 3.8) is 0 Å². The summed E-state index contributed by atoms with van der Waals surface area (Å²) in [4.78, 5) is 17.7. The Morgan fingerprint density at radius 1 is 0.889 bits per heavy atom. The molecule has 0 fully saturated rings.